The fourth-order valence-corrected chi connectivity index (χ4v) is 4.54. The molecular formula is C27H29F2N7O2. The maximum absolute atomic E-state index is 14.3. The third-order valence-corrected chi connectivity index (χ3v) is 6.64. The van der Waals surface area contributed by atoms with E-state index in [4.69, 9.17) is 9.47 Å². The first-order chi connectivity index (χ1) is 18.5. The van der Waals surface area contributed by atoms with Crippen LogP contribution < -0.4 is 20.1 Å². The van der Waals surface area contributed by atoms with Crippen molar-refractivity contribution in [3.8, 4) is 29.0 Å². The molecule has 0 spiro atoms. The van der Waals surface area contributed by atoms with Crippen LogP contribution in [-0.4, -0.2) is 77.6 Å². The van der Waals surface area contributed by atoms with E-state index in [0.29, 0.717) is 54.8 Å². The lowest BCUT2D eigenvalue weighted by molar-refractivity contribution is 0.0313. The second kappa shape index (κ2) is 11.7. The lowest BCUT2D eigenvalue weighted by atomic mass is 10.1. The number of halogens is 2. The molecule has 11 heteroatoms. The molecule has 2 aliphatic rings. The van der Waals surface area contributed by atoms with Gasteiger partial charge in [-0.25, -0.2) is 18.7 Å². The molecule has 3 heterocycles. The number of hydrogen-bond donors (Lipinski definition) is 2. The molecule has 0 amide bonds. The monoisotopic (exact) mass is 521 g/mol. The standard InChI is InChI=1S/C27H29F2N7O2/c1-36-11-9-25(22(29)15-36)37-20-5-3-19(4-6-20)34-27-33-16-32-26(35-27)17-2-7-23(18(12-17)13-30)38-24-8-10-31-14-21(24)28/h2-7,12,16,21-22,24-25,31H,8-11,14-15H2,1H3,(H,32,33,34,35)/t21-,22+,24+,25?/m1/s1. The van der Waals surface area contributed by atoms with Gasteiger partial charge < -0.3 is 25.0 Å². The number of aromatic nitrogens is 3. The third kappa shape index (κ3) is 6.15. The average Bonchev–Trinajstić information content (AvgIpc) is 2.93. The zero-order valence-corrected chi connectivity index (χ0v) is 21.0. The average molecular weight is 522 g/mol. The highest BCUT2D eigenvalue weighted by molar-refractivity contribution is 5.63. The number of rotatable bonds is 7. The summed E-state index contributed by atoms with van der Waals surface area (Å²) in [5.74, 6) is 1.61. The van der Waals surface area contributed by atoms with Crippen molar-refractivity contribution in [3.63, 3.8) is 0 Å². The second-order valence-corrected chi connectivity index (χ2v) is 9.49. The van der Waals surface area contributed by atoms with Crippen LogP contribution in [0.2, 0.25) is 0 Å². The van der Waals surface area contributed by atoms with Crippen LogP contribution in [0.4, 0.5) is 20.4 Å². The van der Waals surface area contributed by atoms with Crippen LogP contribution in [0.3, 0.4) is 0 Å². The van der Waals surface area contributed by atoms with Crippen LogP contribution in [0.15, 0.2) is 48.8 Å². The van der Waals surface area contributed by atoms with Crippen molar-refractivity contribution in [1.29, 1.82) is 5.26 Å². The van der Waals surface area contributed by atoms with Crippen LogP contribution >= 0.6 is 0 Å². The molecule has 1 unspecified atom stereocenters. The Morgan fingerprint density at radius 2 is 1.87 bits per heavy atom. The number of hydrogen-bond acceptors (Lipinski definition) is 9. The Bertz CT molecular complexity index is 1290. The number of nitrogens with zero attached hydrogens (tertiary/aromatic N) is 5. The highest BCUT2D eigenvalue weighted by Crippen LogP contribution is 2.28. The SMILES string of the molecule is CN1CCC(Oc2ccc(Nc3ncnc(-c4ccc(O[C@H]5CCNC[C@H]5F)c(C#N)c4)n3)cc2)[C@@H](F)C1. The molecular weight excluding hydrogens is 492 g/mol. The Labute approximate surface area is 219 Å². The minimum atomic E-state index is -1.14. The number of anilines is 2. The molecule has 0 aliphatic carbocycles. The lowest BCUT2D eigenvalue weighted by Gasteiger charge is -2.32. The molecule has 0 bridgehead atoms. The Morgan fingerprint density at radius 3 is 2.63 bits per heavy atom. The predicted octanol–water partition coefficient (Wildman–Crippen LogP) is 3.65. The van der Waals surface area contributed by atoms with Gasteiger partial charge in [-0.05, 0) is 68.9 Å². The van der Waals surface area contributed by atoms with Crippen LogP contribution in [0.25, 0.3) is 11.4 Å². The van der Waals surface area contributed by atoms with E-state index in [9.17, 15) is 14.0 Å². The summed E-state index contributed by atoms with van der Waals surface area (Å²) in [6.45, 7) is 2.07. The fourth-order valence-electron chi connectivity index (χ4n) is 4.54. The molecule has 38 heavy (non-hydrogen) atoms. The number of nitriles is 1. The van der Waals surface area contributed by atoms with Gasteiger partial charge in [0.25, 0.3) is 0 Å². The van der Waals surface area contributed by atoms with Gasteiger partial charge in [0.05, 0.1) is 5.56 Å². The normalized spacial score (nSPS) is 23.8. The van der Waals surface area contributed by atoms with Crippen molar-refractivity contribution >= 4 is 11.6 Å². The van der Waals surface area contributed by atoms with E-state index < -0.39 is 24.6 Å². The van der Waals surface area contributed by atoms with E-state index in [1.807, 2.05) is 11.9 Å². The summed E-state index contributed by atoms with van der Waals surface area (Å²) >= 11 is 0. The molecule has 198 valence electrons. The fraction of sp³-hybridized carbons (Fsp3) is 0.407. The van der Waals surface area contributed by atoms with Crippen LogP contribution in [0.5, 0.6) is 11.5 Å². The Morgan fingerprint density at radius 1 is 1.05 bits per heavy atom. The van der Waals surface area contributed by atoms with Gasteiger partial charge in [0.15, 0.2) is 5.82 Å². The Hall–Kier alpha value is -3.88. The molecule has 1 aromatic heterocycles. The van der Waals surface area contributed by atoms with Crippen molar-refractivity contribution < 1.29 is 18.3 Å². The number of ether oxygens (including phenoxy) is 2. The van der Waals surface area contributed by atoms with Gasteiger partial charge >= 0.3 is 0 Å². The van der Waals surface area contributed by atoms with E-state index in [0.717, 1.165) is 12.2 Å². The van der Waals surface area contributed by atoms with Gasteiger partial charge in [0.1, 0.15) is 48.4 Å². The number of nitrogens with one attached hydrogen (secondary N) is 2. The summed E-state index contributed by atoms with van der Waals surface area (Å²) in [7, 11) is 1.90. The number of likely N-dealkylation sites (tertiary alicyclic amines) is 1. The van der Waals surface area contributed by atoms with E-state index >= 15 is 0 Å². The Balaban J connectivity index is 1.25. The molecule has 9 nitrogen and oxygen atoms in total. The molecule has 2 aliphatic heterocycles. The molecule has 2 saturated heterocycles. The summed E-state index contributed by atoms with van der Waals surface area (Å²) in [6, 6.07) is 14.3. The minimum Gasteiger partial charge on any atom is -0.487 e. The summed E-state index contributed by atoms with van der Waals surface area (Å²) in [5.41, 5.74) is 1.60. The quantitative estimate of drug-likeness (QED) is 0.482. The first-order valence-electron chi connectivity index (χ1n) is 12.6. The molecule has 5 rings (SSSR count). The van der Waals surface area contributed by atoms with Gasteiger partial charge in [-0.15, -0.1) is 0 Å². The number of benzene rings is 2. The zero-order chi connectivity index (χ0) is 26.5. The Kier molecular flexibility index (Phi) is 7.91. The zero-order valence-electron chi connectivity index (χ0n) is 21.0. The maximum atomic E-state index is 14.3. The van der Waals surface area contributed by atoms with Gasteiger partial charge in [0, 0.05) is 30.9 Å². The van der Waals surface area contributed by atoms with Crippen LogP contribution in [-0.2, 0) is 0 Å². The highest BCUT2D eigenvalue weighted by atomic mass is 19.1. The first-order valence-corrected chi connectivity index (χ1v) is 12.6. The van der Waals surface area contributed by atoms with Crippen LogP contribution in [0, 0.1) is 11.3 Å². The minimum absolute atomic E-state index is 0.234. The molecule has 4 atom stereocenters. The molecule has 0 saturated carbocycles. The topological polar surface area (TPSA) is 108 Å². The molecule has 0 radical (unpaired) electrons. The summed E-state index contributed by atoms with van der Waals surface area (Å²) < 4.78 is 40.1. The smallest absolute Gasteiger partial charge is 0.230 e. The molecule has 3 aromatic rings. The number of alkyl halides is 2. The van der Waals surface area contributed by atoms with Crippen LogP contribution in [0.1, 0.15) is 18.4 Å². The van der Waals surface area contributed by atoms with Gasteiger partial charge in [-0.2, -0.15) is 10.2 Å². The third-order valence-electron chi connectivity index (χ3n) is 6.64. The van der Waals surface area contributed by atoms with E-state index in [2.05, 4.69) is 31.7 Å². The van der Waals surface area contributed by atoms with Crippen molar-refractivity contribution in [3.05, 3.63) is 54.4 Å². The molecule has 2 N–H and O–H groups in total. The lowest BCUT2D eigenvalue weighted by Crippen LogP contribution is -2.45. The summed E-state index contributed by atoms with van der Waals surface area (Å²) in [6.07, 6.45) is -0.669. The van der Waals surface area contributed by atoms with Gasteiger partial charge in [-0.1, -0.05) is 0 Å². The predicted molar refractivity (Wildman–Crippen MR) is 138 cm³/mol. The van der Waals surface area contributed by atoms with Crippen molar-refractivity contribution in [2.75, 3.05) is 38.5 Å². The van der Waals surface area contributed by atoms with Gasteiger partial charge in [-0.3, -0.25) is 0 Å². The molecule has 2 fully saturated rings. The second-order valence-electron chi connectivity index (χ2n) is 9.49. The largest absolute Gasteiger partial charge is 0.487 e. The first kappa shape index (κ1) is 25.8. The maximum Gasteiger partial charge on any atom is 0.230 e. The van der Waals surface area contributed by atoms with E-state index in [1.54, 1.807) is 42.5 Å². The van der Waals surface area contributed by atoms with Crippen molar-refractivity contribution in [2.24, 2.45) is 0 Å². The summed E-state index contributed by atoms with van der Waals surface area (Å²) in [4.78, 5) is 14.8. The van der Waals surface area contributed by atoms with Crippen molar-refractivity contribution in [2.45, 2.75) is 37.4 Å². The van der Waals surface area contributed by atoms with E-state index in [1.165, 1.54) is 6.33 Å². The van der Waals surface area contributed by atoms with Gasteiger partial charge in [0.2, 0.25) is 5.95 Å². The van der Waals surface area contributed by atoms with Crippen molar-refractivity contribution in [1.82, 2.24) is 25.2 Å². The highest BCUT2D eigenvalue weighted by Gasteiger charge is 2.29. The molecule has 2 aromatic carbocycles. The number of piperidine rings is 2. The summed E-state index contributed by atoms with van der Waals surface area (Å²) in [5, 5.41) is 15.8. The van der Waals surface area contributed by atoms with E-state index in [-0.39, 0.29) is 12.1 Å².